The number of carbonyl (C=O) groups is 3. The van der Waals surface area contributed by atoms with Gasteiger partial charge in [0.05, 0.1) is 0 Å². The van der Waals surface area contributed by atoms with Crippen LogP contribution < -0.4 is 16.1 Å². The van der Waals surface area contributed by atoms with Crippen LogP contribution in [0.4, 0.5) is 0 Å². The van der Waals surface area contributed by atoms with Gasteiger partial charge in [0.25, 0.3) is 0 Å². The first kappa shape index (κ1) is 29.4. The number of phenols is 1. The van der Waals surface area contributed by atoms with Crippen LogP contribution in [-0.2, 0) is 27.2 Å². The predicted octanol–water partition coefficient (Wildman–Crippen LogP) is 4.00. The molecule has 3 amide bonds. The SMILES string of the molecule is CC(C)C[C@H](CC(=O)NO)C(=O)N[C@@H](Cc1ccc(-c2ccccc2)cc1)C(=O)NCCc1ccc(O)cc1. The fourth-order valence-electron chi connectivity index (χ4n) is 4.44. The third-order valence-electron chi connectivity index (χ3n) is 6.47. The van der Waals surface area contributed by atoms with Crippen molar-refractivity contribution in [1.82, 2.24) is 16.1 Å². The Hall–Kier alpha value is -4.17. The van der Waals surface area contributed by atoms with Gasteiger partial charge < -0.3 is 15.7 Å². The number of aromatic hydroxyl groups is 1. The minimum absolute atomic E-state index is 0.135. The number of rotatable bonds is 13. The molecule has 8 nitrogen and oxygen atoms in total. The van der Waals surface area contributed by atoms with Gasteiger partial charge in [-0.25, -0.2) is 5.48 Å². The molecular weight excluding hydrogens is 494 g/mol. The average molecular weight is 532 g/mol. The molecule has 8 heteroatoms. The zero-order valence-corrected chi connectivity index (χ0v) is 22.4. The van der Waals surface area contributed by atoms with Crippen molar-refractivity contribution >= 4 is 17.7 Å². The summed E-state index contributed by atoms with van der Waals surface area (Å²) in [5.41, 5.74) is 5.55. The highest BCUT2D eigenvalue weighted by molar-refractivity contribution is 5.90. The van der Waals surface area contributed by atoms with E-state index in [1.807, 2.05) is 68.4 Å². The van der Waals surface area contributed by atoms with E-state index >= 15 is 0 Å². The molecule has 0 aliphatic rings. The molecule has 0 aromatic heterocycles. The number of carbonyl (C=O) groups excluding carboxylic acids is 3. The number of hydroxylamine groups is 1. The maximum Gasteiger partial charge on any atom is 0.244 e. The average Bonchev–Trinajstić information content (AvgIpc) is 2.93. The summed E-state index contributed by atoms with van der Waals surface area (Å²) in [7, 11) is 0. The van der Waals surface area contributed by atoms with E-state index in [1.165, 1.54) is 0 Å². The molecule has 0 heterocycles. The predicted molar refractivity (Wildman–Crippen MR) is 150 cm³/mol. The van der Waals surface area contributed by atoms with E-state index in [1.54, 1.807) is 29.7 Å². The maximum absolute atomic E-state index is 13.3. The van der Waals surface area contributed by atoms with Crippen molar-refractivity contribution in [2.45, 2.75) is 45.6 Å². The molecule has 0 fully saturated rings. The lowest BCUT2D eigenvalue weighted by atomic mass is 9.92. The molecule has 0 aliphatic carbocycles. The highest BCUT2D eigenvalue weighted by Gasteiger charge is 2.28. The van der Waals surface area contributed by atoms with E-state index in [0.717, 1.165) is 22.3 Å². The first-order valence-corrected chi connectivity index (χ1v) is 13.2. The summed E-state index contributed by atoms with van der Waals surface area (Å²) in [6.45, 7) is 4.24. The van der Waals surface area contributed by atoms with Crippen LogP contribution in [-0.4, -0.2) is 40.6 Å². The Bertz CT molecular complexity index is 1210. The minimum Gasteiger partial charge on any atom is -0.508 e. The lowest BCUT2D eigenvalue weighted by Gasteiger charge is -2.23. The maximum atomic E-state index is 13.3. The van der Waals surface area contributed by atoms with Crippen molar-refractivity contribution in [1.29, 1.82) is 0 Å². The van der Waals surface area contributed by atoms with Crippen molar-refractivity contribution in [2.24, 2.45) is 11.8 Å². The second-order valence-corrected chi connectivity index (χ2v) is 10.1. The molecule has 3 aromatic carbocycles. The Morgan fingerprint density at radius 1 is 0.795 bits per heavy atom. The van der Waals surface area contributed by atoms with Crippen LogP contribution >= 0.6 is 0 Å². The lowest BCUT2D eigenvalue weighted by molar-refractivity contribution is -0.136. The van der Waals surface area contributed by atoms with Gasteiger partial charge in [0.15, 0.2) is 0 Å². The Balaban J connectivity index is 1.73. The van der Waals surface area contributed by atoms with E-state index in [2.05, 4.69) is 10.6 Å². The quantitative estimate of drug-likeness (QED) is 0.168. The van der Waals surface area contributed by atoms with Crippen molar-refractivity contribution in [3.8, 4) is 16.9 Å². The summed E-state index contributed by atoms with van der Waals surface area (Å²) >= 11 is 0. The summed E-state index contributed by atoms with van der Waals surface area (Å²) in [6.07, 6.45) is 1.08. The Kier molecular flexibility index (Phi) is 11.1. The molecular formula is C31H37N3O5. The van der Waals surface area contributed by atoms with Crippen molar-refractivity contribution in [3.05, 3.63) is 90.0 Å². The number of amides is 3. The second-order valence-electron chi connectivity index (χ2n) is 10.1. The van der Waals surface area contributed by atoms with Gasteiger partial charge in [-0.2, -0.15) is 0 Å². The third-order valence-corrected chi connectivity index (χ3v) is 6.47. The van der Waals surface area contributed by atoms with E-state index in [9.17, 15) is 19.5 Å². The molecule has 206 valence electrons. The Morgan fingerprint density at radius 2 is 1.41 bits per heavy atom. The van der Waals surface area contributed by atoms with E-state index in [-0.39, 0.29) is 30.4 Å². The van der Waals surface area contributed by atoms with Crippen molar-refractivity contribution < 1.29 is 24.7 Å². The van der Waals surface area contributed by atoms with Gasteiger partial charge in [-0.3, -0.25) is 19.6 Å². The highest BCUT2D eigenvalue weighted by atomic mass is 16.5. The standard InChI is InChI=1S/C31H37N3O5/c1-21(2)18-26(20-29(36)34-39)30(37)33-28(31(38)32-17-16-22-10-14-27(35)15-11-22)19-23-8-12-25(13-9-23)24-6-4-3-5-7-24/h3-15,21,26,28,35,39H,16-20H2,1-2H3,(H,32,38)(H,33,37)(H,34,36)/t26-,28+/m1/s1. The fraction of sp³-hybridized carbons (Fsp3) is 0.323. The van der Waals surface area contributed by atoms with Gasteiger partial charge in [0.1, 0.15) is 11.8 Å². The van der Waals surface area contributed by atoms with E-state index < -0.39 is 23.8 Å². The molecule has 0 saturated heterocycles. The number of hydrogen-bond acceptors (Lipinski definition) is 5. The largest absolute Gasteiger partial charge is 0.508 e. The van der Waals surface area contributed by atoms with E-state index in [0.29, 0.717) is 19.4 Å². The molecule has 2 atom stereocenters. The summed E-state index contributed by atoms with van der Waals surface area (Å²) in [5, 5.41) is 24.2. The first-order chi connectivity index (χ1) is 18.7. The van der Waals surface area contributed by atoms with Crippen LogP contribution in [0.3, 0.4) is 0 Å². The number of nitrogens with one attached hydrogen (secondary N) is 3. The van der Waals surface area contributed by atoms with Gasteiger partial charge >= 0.3 is 0 Å². The van der Waals surface area contributed by atoms with E-state index in [4.69, 9.17) is 5.21 Å². The Labute approximate surface area is 229 Å². The number of hydrogen-bond donors (Lipinski definition) is 5. The van der Waals surface area contributed by atoms with Crippen LogP contribution in [0.25, 0.3) is 11.1 Å². The number of phenolic OH excluding ortho intramolecular Hbond substituents is 1. The van der Waals surface area contributed by atoms with Crippen LogP contribution in [0.5, 0.6) is 5.75 Å². The fourth-order valence-corrected chi connectivity index (χ4v) is 4.44. The van der Waals surface area contributed by atoms with Crippen molar-refractivity contribution in [2.75, 3.05) is 6.54 Å². The highest BCUT2D eigenvalue weighted by Crippen LogP contribution is 2.21. The molecule has 3 rings (SSSR count). The first-order valence-electron chi connectivity index (χ1n) is 13.2. The molecule has 5 N–H and O–H groups in total. The monoisotopic (exact) mass is 531 g/mol. The molecule has 0 spiro atoms. The number of benzene rings is 3. The topological polar surface area (TPSA) is 128 Å². The summed E-state index contributed by atoms with van der Waals surface area (Å²) in [5.74, 6) is -1.77. The van der Waals surface area contributed by atoms with Crippen LogP contribution in [0.1, 0.15) is 37.8 Å². The van der Waals surface area contributed by atoms with Gasteiger partial charge in [-0.15, -0.1) is 0 Å². The third kappa shape index (κ3) is 9.57. The normalized spacial score (nSPS) is 12.4. The summed E-state index contributed by atoms with van der Waals surface area (Å²) < 4.78 is 0. The molecule has 39 heavy (non-hydrogen) atoms. The minimum atomic E-state index is -0.855. The molecule has 0 saturated carbocycles. The lowest BCUT2D eigenvalue weighted by Crippen LogP contribution is -2.50. The van der Waals surface area contributed by atoms with Gasteiger partial charge in [0.2, 0.25) is 17.7 Å². The van der Waals surface area contributed by atoms with Crippen LogP contribution in [0.2, 0.25) is 0 Å². The van der Waals surface area contributed by atoms with Gasteiger partial charge in [0, 0.05) is 25.3 Å². The molecule has 0 radical (unpaired) electrons. The summed E-state index contributed by atoms with van der Waals surface area (Å²) in [4.78, 5) is 38.3. The Morgan fingerprint density at radius 3 is 2.03 bits per heavy atom. The van der Waals surface area contributed by atoms with Gasteiger partial charge in [-0.05, 0) is 53.1 Å². The molecule has 0 unspecified atom stereocenters. The smallest absolute Gasteiger partial charge is 0.244 e. The molecule has 0 aliphatic heterocycles. The summed E-state index contributed by atoms with van der Waals surface area (Å²) in [6, 6.07) is 23.7. The molecule has 3 aromatic rings. The molecule has 0 bridgehead atoms. The van der Waals surface area contributed by atoms with Crippen LogP contribution in [0, 0.1) is 11.8 Å². The second kappa shape index (κ2) is 14.7. The van der Waals surface area contributed by atoms with Crippen LogP contribution in [0.15, 0.2) is 78.9 Å². The van der Waals surface area contributed by atoms with Gasteiger partial charge in [-0.1, -0.05) is 80.6 Å². The zero-order chi connectivity index (χ0) is 28.2. The van der Waals surface area contributed by atoms with Crippen molar-refractivity contribution in [3.63, 3.8) is 0 Å². The zero-order valence-electron chi connectivity index (χ0n) is 22.4.